The van der Waals surface area contributed by atoms with Gasteiger partial charge in [-0.05, 0) is 23.3 Å². The Kier molecular flexibility index (Phi) is 13.5. The molecule has 112 valence electrons. The predicted molar refractivity (Wildman–Crippen MR) is 92.8 cm³/mol. The predicted octanol–water partition coefficient (Wildman–Crippen LogP) is 3.83. The lowest BCUT2D eigenvalue weighted by atomic mass is 10.2. The number of carbonyl (C=O) groups excluding carboxylic acids is 1. The number of rotatable bonds is 6. The first-order valence-corrected chi connectivity index (χ1v) is 8.25. The summed E-state index contributed by atoms with van der Waals surface area (Å²) in [4.78, 5) is 15.3. The molecule has 5 heteroatoms. The van der Waals surface area contributed by atoms with Crippen LogP contribution < -0.4 is 5.32 Å². The second-order valence-electron chi connectivity index (χ2n) is 3.73. The number of halogens is 1. The Hall–Kier alpha value is -1.11. The zero-order chi connectivity index (χ0) is 15.1. The van der Waals surface area contributed by atoms with Gasteiger partial charge in [-0.25, -0.2) is 4.79 Å². The summed E-state index contributed by atoms with van der Waals surface area (Å²) in [7, 11) is 0. The molecule has 1 N–H and O–H groups in total. The summed E-state index contributed by atoms with van der Waals surface area (Å²) in [6.45, 7) is 5.71. The highest BCUT2D eigenvalue weighted by Gasteiger charge is 2.00. The van der Waals surface area contributed by atoms with E-state index in [1.807, 2.05) is 37.3 Å². The Bertz CT molecular complexity index is 369. The zero-order valence-electron chi connectivity index (χ0n) is 12.1. The van der Waals surface area contributed by atoms with E-state index in [2.05, 4.69) is 39.8 Å². The van der Waals surface area contributed by atoms with Crippen LogP contribution in [-0.2, 0) is 11.3 Å². The van der Waals surface area contributed by atoms with Crippen LogP contribution in [0.1, 0.15) is 25.8 Å². The average Bonchev–Trinajstić information content (AvgIpc) is 2.47. The molecule has 1 aromatic rings. The van der Waals surface area contributed by atoms with E-state index in [0.29, 0.717) is 13.2 Å². The lowest BCUT2D eigenvalue weighted by molar-refractivity contribution is 0.140. The molecule has 0 aliphatic rings. The van der Waals surface area contributed by atoms with Gasteiger partial charge in [0.2, 0.25) is 0 Å². The fraction of sp³-hybridized carbons (Fsp3) is 0.467. The first kappa shape index (κ1) is 18.9. The molecule has 0 spiro atoms. The van der Waals surface area contributed by atoms with E-state index in [1.54, 1.807) is 6.21 Å². The minimum absolute atomic E-state index is 0.301. The van der Waals surface area contributed by atoms with Crippen LogP contribution in [0, 0.1) is 0 Å². The Morgan fingerprint density at radius 2 is 2.00 bits per heavy atom. The van der Waals surface area contributed by atoms with Crippen molar-refractivity contribution in [3.8, 4) is 0 Å². The quantitative estimate of drug-likeness (QED) is 0.347. The standard InChI is InChI=1S/C13H18N2O2.C2H5I/c1-2-14-9-6-10-15-13(16)17-11-12-7-4-3-5-8-12;1-2-3/h3-5,7-9H,2,6,10-11H2,1H3,(H,15,16);2H2,1H3. The van der Waals surface area contributed by atoms with E-state index in [9.17, 15) is 4.79 Å². The molecule has 0 aromatic heterocycles. The van der Waals surface area contributed by atoms with Gasteiger partial charge in [0.1, 0.15) is 6.61 Å². The number of hydrogen-bond donors (Lipinski definition) is 1. The molecule has 1 rings (SSSR count). The number of ether oxygens (including phenoxy) is 1. The van der Waals surface area contributed by atoms with Crippen molar-refractivity contribution in [1.29, 1.82) is 0 Å². The van der Waals surface area contributed by atoms with Crippen LogP contribution in [0.25, 0.3) is 0 Å². The number of amides is 1. The molecule has 20 heavy (non-hydrogen) atoms. The van der Waals surface area contributed by atoms with Crippen LogP contribution in [0.2, 0.25) is 0 Å². The van der Waals surface area contributed by atoms with E-state index < -0.39 is 6.09 Å². The maximum atomic E-state index is 11.3. The lowest BCUT2D eigenvalue weighted by Gasteiger charge is -2.05. The van der Waals surface area contributed by atoms with Gasteiger partial charge in [-0.2, -0.15) is 0 Å². The van der Waals surface area contributed by atoms with Crippen molar-refractivity contribution in [1.82, 2.24) is 5.32 Å². The number of aliphatic imine (C=N–C) groups is 1. The van der Waals surface area contributed by atoms with E-state index >= 15 is 0 Å². The summed E-state index contributed by atoms with van der Waals surface area (Å²) in [6, 6.07) is 9.59. The topological polar surface area (TPSA) is 50.7 Å². The van der Waals surface area contributed by atoms with Crippen LogP contribution >= 0.6 is 22.6 Å². The Balaban J connectivity index is 0.00000110. The van der Waals surface area contributed by atoms with Gasteiger partial charge < -0.3 is 10.1 Å². The normalized spacial score (nSPS) is 9.75. The van der Waals surface area contributed by atoms with Gasteiger partial charge >= 0.3 is 6.09 Å². The summed E-state index contributed by atoms with van der Waals surface area (Å²) in [5, 5.41) is 2.66. The third-order valence-corrected chi connectivity index (χ3v) is 2.07. The van der Waals surface area contributed by atoms with E-state index in [4.69, 9.17) is 4.74 Å². The molecule has 1 amide bonds. The number of benzene rings is 1. The van der Waals surface area contributed by atoms with Crippen molar-refractivity contribution in [3.63, 3.8) is 0 Å². The van der Waals surface area contributed by atoms with Crippen LogP contribution in [0.4, 0.5) is 4.79 Å². The Labute approximate surface area is 135 Å². The van der Waals surface area contributed by atoms with Gasteiger partial charge in [0.15, 0.2) is 0 Å². The van der Waals surface area contributed by atoms with E-state index in [-0.39, 0.29) is 0 Å². The molecule has 0 heterocycles. The van der Waals surface area contributed by atoms with Gasteiger partial charge in [0.05, 0.1) is 0 Å². The monoisotopic (exact) mass is 390 g/mol. The minimum atomic E-state index is -0.390. The van der Waals surface area contributed by atoms with Crippen molar-refractivity contribution in [2.24, 2.45) is 4.99 Å². The van der Waals surface area contributed by atoms with Gasteiger partial charge in [-0.3, -0.25) is 4.99 Å². The minimum Gasteiger partial charge on any atom is -0.445 e. The van der Waals surface area contributed by atoms with Crippen molar-refractivity contribution in [2.45, 2.75) is 26.9 Å². The molecule has 0 aliphatic carbocycles. The maximum absolute atomic E-state index is 11.3. The number of alkyl carbamates (subject to hydrolysis) is 1. The van der Waals surface area contributed by atoms with E-state index in [0.717, 1.165) is 18.5 Å². The van der Waals surface area contributed by atoms with Crippen molar-refractivity contribution < 1.29 is 9.53 Å². The van der Waals surface area contributed by atoms with Crippen LogP contribution in [-0.4, -0.2) is 29.8 Å². The largest absolute Gasteiger partial charge is 0.445 e. The molecule has 0 saturated carbocycles. The fourth-order valence-corrected chi connectivity index (χ4v) is 1.23. The van der Waals surface area contributed by atoms with Crippen molar-refractivity contribution in [2.75, 3.05) is 17.5 Å². The van der Waals surface area contributed by atoms with Gasteiger partial charge in [0.25, 0.3) is 0 Å². The number of nitrogens with zero attached hydrogens (tertiary/aromatic N) is 1. The number of alkyl halides is 1. The second kappa shape index (κ2) is 14.3. The molecule has 0 unspecified atom stereocenters. The van der Waals surface area contributed by atoms with Gasteiger partial charge in [-0.15, -0.1) is 0 Å². The highest BCUT2D eigenvalue weighted by atomic mass is 127. The van der Waals surface area contributed by atoms with Crippen molar-refractivity contribution >= 4 is 34.9 Å². The fourth-order valence-electron chi connectivity index (χ4n) is 1.23. The van der Waals surface area contributed by atoms with Crippen LogP contribution in [0.15, 0.2) is 35.3 Å². The average molecular weight is 390 g/mol. The second-order valence-corrected chi connectivity index (χ2v) is 5.25. The molecule has 0 radical (unpaired) electrons. The summed E-state index contributed by atoms with van der Waals surface area (Å²) < 4.78 is 6.26. The molecule has 0 aliphatic heterocycles. The molecule has 1 aromatic carbocycles. The maximum Gasteiger partial charge on any atom is 0.407 e. The highest BCUT2D eigenvalue weighted by Crippen LogP contribution is 2.00. The third-order valence-electron chi connectivity index (χ3n) is 2.07. The summed E-state index contributed by atoms with van der Waals surface area (Å²) in [5.74, 6) is 0. The summed E-state index contributed by atoms with van der Waals surface area (Å²) >= 11 is 2.29. The first-order valence-electron chi connectivity index (χ1n) is 6.73. The van der Waals surface area contributed by atoms with Gasteiger partial charge in [0, 0.05) is 19.3 Å². The molecule has 0 atom stereocenters. The molecule has 0 saturated heterocycles. The summed E-state index contributed by atoms with van der Waals surface area (Å²) in [5.41, 5.74) is 0.982. The smallest absolute Gasteiger partial charge is 0.407 e. The third kappa shape index (κ3) is 12.0. The van der Waals surface area contributed by atoms with Crippen molar-refractivity contribution in [3.05, 3.63) is 35.9 Å². The van der Waals surface area contributed by atoms with Gasteiger partial charge in [-0.1, -0.05) is 59.8 Å². The summed E-state index contributed by atoms with van der Waals surface area (Å²) in [6.07, 6.45) is 2.14. The van der Waals surface area contributed by atoms with Crippen LogP contribution in [0.5, 0.6) is 0 Å². The number of hydrogen-bond acceptors (Lipinski definition) is 3. The molecule has 4 nitrogen and oxygen atoms in total. The highest BCUT2D eigenvalue weighted by molar-refractivity contribution is 14.1. The molecule has 0 fully saturated rings. The SMILES string of the molecule is CCI.CCN=CCCNC(=O)OCc1ccccc1. The van der Waals surface area contributed by atoms with Crippen LogP contribution in [0.3, 0.4) is 0 Å². The number of carbonyl (C=O) groups is 1. The Morgan fingerprint density at radius 1 is 1.35 bits per heavy atom. The molecular formula is C15H23IN2O2. The molecule has 0 bridgehead atoms. The number of nitrogens with one attached hydrogen (secondary N) is 1. The lowest BCUT2D eigenvalue weighted by Crippen LogP contribution is -2.25. The first-order chi connectivity index (χ1) is 9.74. The Morgan fingerprint density at radius 3 is 2.60 bits per heavy atom. The zero-order valence-corrected chi connectivity index (χ0v) is 14.3. The van der Waals surface area contributed by atoms with E-state index in [1.165, 1.54) is 4.43 Å². The molecular weight excluding hydrogens is 367 g/mol.